The maximum absolute atomic E-state index is 11.4. The predicted octanol–water partition coefficient (Wildman–Crippen LogP) is 2.92. The average molecular weight is 443 g/mol. The molecule has 1 aliphatic rings. The lowest BCUT2D eigenvalue weighted by atomic mass is 9.97. The molecule has 0 amide bonds. The normalized spacial score (nSPS) is 13.7. The van der Waals surface area contributed by atoms with Crippen molar-refractivity contribution in [2.45, 2.75) is 16.2 Å². The van der Waals surface area contributed by atoms with Crippen LogP contribution >= 0.6 is 0 Å². The van der Waals surface area contributed by atoms with Crippen molar-refractivity contribution < 1.29 is 25.9 Å². The van der Waals surface area contributed by atoms with Crippen LogP contribution < -0.4 is 5.32 Å². The second-order valence-corrected chi connectivity index (χ2v) is 9.79. The van der Waals surface area contributed by atoms with Gasteiger partial charge in [0.15, 0.2) is 0 Å². The minimum atomic E-state index is -4.35. The fraction of sp³-hybridized carbons (Fsp3) is 0.0526. The van der Waals surface area contributed by atoms with Gasteiger partial charge in [-0.25, -0.2) is 9.97 Å². The van der Waals surface area contributed by atoms with Crippen molar-refractivity contribution in [2.75, 3.05) is 5.32 Å². The summed E-state index contributed by atoms with van der Waals surface area (Å²) < 4.78 is 64.1. The standard InChI is InChI=1S/C19H13N3O6S2/c23-29(24,25)12-2-1-10-5-11-6-17-19(9-16(11)21-15(10)7-12)20-14-4-3-13(30(26,27)28)8-18(14)22-17/h1-4,6-9,21H,5H2,(H,23,24,25)(H,26,27,28). The summed E-state index contributed by atoms with van der Waals surface area (Å²) in [7, 11) is -8.66. The van der Waals surface area contributed by atoms with Gasteiger partial charge in [0.1, 0.15) is 0 Å². The van der Waals surface area contributed by atoms with Crippen molar-refractivity contribution in [1.29, 1.82) is 0 Å². The summed E-state index contributed by atoms with van der Waals surface area (Å²) in [5.41, 5.74) is 4.94. The van der Waals surface area contributed by atoms with E-state index in [-0.39, 0.29) is 9.79 Å². The van der Waals surface area contributed by atoms with E-state index in [0.717, 1.165) is 16.8 Å². The van der Waals surface area contributed by atoms with Crippen LogP contribution in [0.1, 0.15) is 11.1 Å². The zero-order valence-corrected chi connectivity index (χ0v) is 16.7. The highest BCUT2D eigenvalue weighted by Gasteiger charge is 2.20. The van der Waals surface area contributed by atoms with Crippen LogP contribution in [0.5, 0.6) is 0 Å². The topological polar surface area (TPSA) is 147 Å². The van der Waals surface area contributed by atoms with E-state index in [2.05, 4.69) is 15.3 Å². The lowest BCUT2D eigenvalue weighted by molar-refractivity contribution is 0.481. The van der Waals surface area contributed by atoms with Crippen molar-refractivity contribution in [3.05, 3.63) is 59.7 Å². The van der Waals surface area contributed by atoms with Crippen LogP contribution in [0.4, 0.5) is 11.4 Å². The third kappa shape index (κ3) is 3.17. The van der Waals surface area contributed by atoms with Crippen LogP contribution in [-0.2, 0) is 26.7 Å². The summed E-state index contributed by atoms with van der Waals surface area (Å²) in [5.74, 6) is 0. The maximum Gasteiger partial charge on any atom is 0.294 e. The van der Waals surface area contributed by atoms with Gasteiger partial charge in [-0.3, -0.25) is 9.11 Å². The number of fused-ring (bicyclic) bond motifs is 4. The van der Waals surface area contributed by atoms with Gasteiger partial charge < -0.3 is 5.32 Å². The second kappa shape index (κ2) is 6.19. The van der Waals surface area contributed by atoms with Crippen molar-refractivity contribution in [3.8, 4) is 0 Å². The lowest BCUT2D eigenvalue weighted by Gasteiger charge is -2.22. The first-order chi connectivity index (χ1) is 14.1. The molecule has 3 aromatic carbocycles. The number of rotatable bonds is 2. The van der Waals surface area contributed by atoms with Crippen LogP contribution in [0.3, 0.4) is 0 Å². The molecule has 3 N–H and O–H groups in total. The fourth-order valence-electron chi connectivity index (χ4n) is 3.51. The molecular formula is C19H13N3O6S2. The predicted molar refractivity (Wildman–Crippen MR) is 109 cm³/mol. The molecule has 5 rings (SSSR count). The molecule has 0 saturated carbocycles. The molecule has 0 fully saturated rings. The summed E-state index contributed by atoms with van der Waals surface area (Å²) in [4.78, 5) is 8.54. The molecule has 30 heavy (non-hydrogen) atoms. The third-order valence-electron chi connectivity index (χ3n) is 4.96. The van der Waals surface area contributed by atoms with Gasteiger partial charge in [0.25, 0.3) is 20.2 Å². The van der Waals surface area contributed by atoms with Crippen LogP contribution in [0.15, 0.2) is 58.3 Å². The Balaban J connectivity index is 1.64. The largest absolute Gasteiger partial charge is 0.355 e. The molecule has 11 heteroatoms. The zero-order valence-electron chi connectivity index (χ0n) is 15.1. The minimum absolute atomic E-state index is 0.196. The van der Waals surface area contributed by atoms with Gasteiger partial charge in [0.05, 0.1) is 31.9 Å². The maximum atomic E-state index is 11.4. The number of hydrogen-bond donors (Lipinski definition) is 3. The lowest BCUT2D eigenvalue weighted by Crippen LogP contribution is -2.09. The number of nitrogens with zero attached hydrogens (tertiary/aromatic N) is 2. The molecule has 1 aromatic heterocycles. The van der Waals surface area contributed by atoms with Crippen LogP contribution in [-0.4, -0.2) is 35.9 Å². The second-order valence-electron chi connectivity index (χ2n) is 6.94. The molecule has 0 spiro atoms. The molecule has 0 unspecified atom stereocenters. The van der Waals surface area contributed by atoms with Gasteiger partial charge in [-0.05, 0) is 53.6 Å². The summed E-state index contributed by atoms with van der Waals surface area (Å²) in [6, 6.07) is 11.9. The van der Waals surface area contributed by atoms with Crippen LogP contribution in [0.2, 0.25) is 0 Å². The summed E-state index contributed by atoms with van der Waals surface area (Å²) >= 11 is 0. The first-order valence-electron chi connectivity index (χ1n) is 8.67. The molecule has 9 nitrogen and oxygen atoms in total. The Morgan fingerprint density at radius 3 is 1.97 bits per heavy atom. The SMILES string of the molecule is O=S(=O)(O)c1ccc2c(c1)Nc1cc3nc4ccc(S(=O)(=O)O)cc4nc3cc1C2. The van der Waals surface area contributed by atoms with Crippen molar-refractivity contribution >= 4 is 53.7 Å². The Bertz CT molecular complexity index is 1600. The Hall–Kier alpha value is -3.12. The van der Waals surface area contributed by atoms with Gasteiger partial charge in [0.2, 0.25) is 0 Å². The van der Waals surface area contributed by atoms with Crippen molar-refractivity contribution in [2.24, 2.45) is 0 Å². The van der Waals surface area contributed by atoms with Gasteiger partial charge >= 0.3 is 0 Å². The van der Waals surface area contributed by atoms with Crippen molar-refractivity contribution in [3.63, 3.8) is 0 Å². The minimum Gasteiger partial charge on any atom is -0.355 e. The molecular weight excluding hydrogens is 430 g/mol. The number of anilines is 2. The van der Waals surface area contributed by atoms with E-state index in [1.54, 1.807) is 12.1 Å². The molecule has 1 aliphatic heterocycles. The molecule has 152 valence electrons. The van der Waals surface area contributed by atoms with E-state index in [1.165, 1.54) is 30.3 Å². The first-order valence-corrected chi connectivity index (χ1v) is 11.6. The van der Waals surface area contributed by atoms with Crippen LogP contribution in [0, 0.1) is 0 Å². The van der Waals surface area contributed by atoms with E-state index in [4.69, 9.17) is 0 Å². The Morgan fingerprint density at radius 1 is 0.667 bits per heavy atom. The molecule has 4 aromatic rings. The molecule has 2 heterocycles. The van der Waals surface area contributed by atoms with Gasteiger partial charge in [-0.15, -0.1) is 0 Å². The monoisotopic (exact) mass is 443 g/mol. The summed E-state index contributed by atoms with van der Waals surface area (Å²) in [6.45, 7) is 0. The van der Waals surface area contributed by atoms with Gasteiger partial charge in [-0.1, -0.05) is 6.07 Å². The number of aromatic nitrogens is 2. The van der Waals surface area contributed by atoms with Crippen LogP contribution in [0.25, 0.3) is 22.1 Å². The summed E-state index contributed by atoms with van der Waals surface area (Å²) in [5, 5.41) is 3.17. The quantitative estimate of drug-likeness (QED) is 0.277. The Morgan fingerprint density at radius 2 is 1.23 bits per heavy atom. The average Bonchev–Trinajstić information content (AvgIpc) is 2.66. The molecule has 0 saturated heterocycles. The smallest absolute Gasteiger partial charge is 0.294 e. The van der Waals surface area contributed by atoms with Crippen molar-refractivity contribution in [1.82, 2.24) is 9.97 Å². The molecule has 0 aliphatic carbocycles. The highest BCUT2D eigenvalue weighted by molar-refractivity contribution is 7.86. The number of nitrogens with one attached hydrogen (secondary N) is 1. The number of benzene rings is 3. The van der Waals surface area contributed by atoms with E-state index < -0.39 is 20.2 Å². The number of hydrogen-bond acceptors (Lipinski definition) is 7. The Kier molecular flexibility index (Phi) is 3.89. The first kappa shape index (κ1) is 18.9. The molecule has 0 bridgehead atoms. The van der Waals surface area contributed by atoms with E-state index in [0.29, 0.717) is 34.2 Å². The van der Waals surface area contributed by atoms with E-state index in [9.17, 15) is 25.9 Å². The van der Waals surface area contributed by atoms with Gasteiger partial charge in [0, 0.05) is 17.8 Å². The van der Waals surface area contributed by atoms with E-state index >= 15 is 0 Å². The molecule has 0 radical (unpaired) electrons. The summed E-state index contributed by atoms with van der Waals surface area (Å²) in [6.07, 6.45) is 0.504. The zero-order chi connectivity index (χ0) is 21.3. The third-order valence-corrected chi connectivity index (χ3v) is 6.66. The van der Waals surface area contributed by atoms with E-state index in [1.807, 2.05) is 6.07 Å². The molecule has 0 atom stereocenters. The highest BCUT2D eigenvalue weighted by Crippen LogP contribution is 2.36. The Labute approximate surface area is 170 Å². The fourth-order valence-corrected chi connectivity index (χ4v) is 4.51. The highest BCUT2D eigenvalue weighted by atomic mass is 32.2. The van der Waals surface area contributed by atoms with Gasteiger partial charge in [-0.2, -0.15) is 16.8 Å².